The van der Waals surface area contributed by atoms with Crippen molar-refractivity contribution in [1.29, 1.82) is 0 Å². The van der Waals surface area contributed by atoms with Gasteiger partial charge in [0.05, 0.1) is 6.61 Å². The van der Waals surface area contributed by atoms with E-state index in [2.05, 4.69) is 17.4 Å². The molecule has 1 aliphatic rings. The van der Waals surface area contributed by atoms with E-state index in [4.69, 9.17) is 18.9 Å². The van der Waals surface area contributed by atoms with Crippen LogP contribution in [0.1, 0.15) is 58.4 Å². The van der Waals surface area contributed by atoms with Gasteiger partial charge in [0.2, 0.25) is 0 Å². The Morgan fingerprint density at radius 2 is 2.07 bits per heavy atom. The fraction of sp³-hybridized carbons (Fsp3) is 0.682. The van der Waals surface area contributed by atoms with Gasteiger partial charge in [0.1, 0.15) is 18.0 Å². The number of hydrogen-bond acceptors (Lipinski definition) is 5. The smallest absolute Gasteiger partial charge is 0.407 e. The van der Waals surface area contributed by atoms with E-state index >= 15 is 0 Å². The van der Waals surface area contributed by atoms with Crippen molar-refractivity contribution < 1.29 is 23.7 Å². The van der Waals surface area contributed by atoms with Gasteiger partial charge in [-0.25, -0.2) is 4.79 Å². The zero-order valence-electron chi connectivity index (χ0n) is 17.5. The molecule has 1 aromatic carbocycles. The summed E-state index contributed by atoms with van der Waals surface area (Å²) in [5, 5.41) is 2.79. The Bertz CT molecular complexity index is 579. The Balaban J connectivity index is 1.57. The Morgan fingerprint density at radius 1 is 1.21 bits per heavy atom. The van der Waals surface area contributed by atoms with Gasteiger partial charge in [-0.3, -0.25) is 0 Å². The van der Waals surface area contributed by atoms with Crippen LogP contribution in [0.5, 0.6) is 5.75 Å². The third kappa shape index (κ3) is 9.95. The Hall–Kier alpha value is -1.79. The molecule has 0 radical (unpaired) electrons. The van der Waals surface area contributed by atoms with E-state index < -0.39 is 5.60 Å². The summed E-state index contributed by atoms with van der Waals surface area (Å²) in [5.41, 5.74) is 0.769. The van der Waals surface area contributed by atoms with Gasteiger partial charge in [-0.05, 0) is 77.0 Å². The summed E-state index contributed by atoms with van der Waals surface area (Å²) >= 11 is 0. The van der Waals surface area contributed by atoms with Crippen molar-refractivity contribution in [3.63, 3.8) is 0 Å². The van der Waals surface area contributed by atoms with Gasteiger partial charge in [0.25, 0.3) is 0 Å². The monoisotopic (exact) mass is 393 g/mol. The third-order valence-electron chi connectivity index (χ3n) is 4.25. The maximum atomic E-state index is 11.6. The van der Waals surface area contributed by atoms with E-state index in [1.54, 1.807) is 0 Å². The summed E-state index contributed by atoms with van der Waals surface area (Å²) in [6.07, 6.45) is 5.67. The van der Waals surface area contributed by atoms with E-state index in [1.165, 1.54) is 12.0 Å². The predicted octanol–water partition coefficient (Wildman–Crippen LogP) is 4.46. The van der Waals surface area contributed by atoms with Gasteiger partial charge < -0.3 is 24.3 Å². The number of rotatable bonds is 10. The number of carbonyl (C=O) groups excluding carboxylic acids is 1. The summed E-state index contributed by atoms with van der Waals surface area (Å²) in [5.74, 6) is 0.859. The summed E-state index contributed by atoms with van der Waals surface area (Å²) in [6.45, 7) is 8.04. The zero-order chi connectivity index (χ0) is 20.2. The van der Waals surface area contributed by atoms with Gasteiger partial charge in [-0.1, -0.05) is 12.1 Å². The minimum atomic E-state index is -0.459. The molecule has 0 spiro atoms. The molecule has 28 heavy (non-hydrogen) atoms. The number of nitrogens with one attached hydrogen (secondary N) is 1. The maximum absolute atomic E-state index is 11.6. The molecule has 1 saturated heterocycles. The molecule has 1 heterocycles. The number of amides is 1. The van der Waals surface area contributed by atoms with Crippen LogP contribution in [-0.2, 0) is 20.6 Å². The van der Waals surface area contributed by atoms with Gasteiger partial charge in [-0.15, -0.1) is 0 Å². The van der Waals surface area contributed by atoms with Crippen molar-refractivity contribution >= 4 is 6.09 Å². The van der Waals surface area contributed by atoms with E-state index in [0.717, 1.165) is 44.5 Å². The fourth-order valence-electron chi connectivity index (χ4n) is 2.93. The molecule has 158 valence electrons. The maximum Gasteiger partial charge on any atom is 0.407 e. The first kappa shape index (κ1) is 22.5. The molecule has 6 nitrogen and oxygen atoms in total. The van der Waals surface area contributed by atoms with Gasteiger partial charge >= 0.3 is 6.09 Å². The molecular formula is C22H35NO5. The van der Waals surface area contributed by atoms with Crippen molar-refractivity contribution in [2.75, 3.05) is 26.4 Å². The van der Waals surface area contributed by atoms with Crippen molar-refractivity contribution in [2.24, 2.45) is 0 Å². The number of unbranched alkanes of at least 4 members (excludes halogenated alkanes) is 1. The molecule has 2 rings (SSSR count). The Kier molecular flexibility index (Phi) is 9.58. The number of hydrogen-bond donors (Lipinski definition) is 1. The van der Waals surface area contributed by atoms with Crippen LogP contribution in [0.2, 0.25) is 0 Å². The molecule has 1 fully saturated rings. The number of alkyl carbamates (subject to hydrolysis) is 1. The van der Waals surface area contributed by atoms with Crippen LogP contribution in [0.15, 0.2) is 24.3 Å². The Labute approximate surface area is 168 Å². The predicted molar refractivity (Wildman–Crippen MR) is 109 cm³/mol. The lowest BCUT2D eigenvalue weighted by Gasteiger charge is -2.22. The van der Waals surface area contributed by atoms with Crippen LogP contribution in [0.4, 0.5) is 4.79 Å². The van der Waals surface area contributed by atoms with Crippen LogP contribution in [-0.4, -0.2) is 44.3 Å². The lowest BCUT2D eigenvalue weighted by molar-refractivity contribution is -0.165. The number of carbonyl (C=O) groups is 1. The molecule has 1 aliphatic heterocycles. The number of benzene rings is 1. The van der Waals surface area contributed by atoms with Gasteiger partial charge in [0, 0.05) is 13.2 Å². The fourth-order valence-corrected chi connectivity index (χ4v) is 2.93. The second-order valence-electron chi connectivity index (χ2n) is 8.05. The van der Waals surface area contributed by atoms with E-state index in [-0.39, 0.29) is 12.4 Å². The largest absolute Gasteiger partial charge is 0.491 e. The molecule has 1 amide bonds. The minimum absolute atomic E-state index is 0.0713. The second-order valence-corrected chi connectivity index (χ2v) is 8.05. The van der Waals surface area contributed by atoms with E-state index in [9.17, 15) is 4.79 Å². The molecule has 0 saturated carbocycles. The molecule has 1 atom stereocenters. The first-order valence-corrected chi connectivity index (χ1v) is 10.3. The van der Waals surface area contributed by atoms with Crippen LogP contribution < -0.4 is 10.1 Å². The minimum Gasteiger partial charge on any atom is -0.491 e. The molecule has 0 aliphatic carbocycles. The Morgan fingerprint density at radius 3 is 2.82 bits per heavy atom. The highest BCUT2D eigenvalue weighted by Gasteiger charge is 2.15. The zero-order valence-corrected chi connectivity index (χ0v) is 17.5. The SMILES string of the molecule is CC(C)(C)OC(=O)NCCCCc1cccc(OCCOC2CCCCO2)c1. The van der Waals surface area contributed by atoms with Crippen molar-refractivity contribution in [2.45, 2.75) is 71.2 Å². The molecule has 1 aromatic rings. The normalized spacial score (nSPS) is 17.2. The van der Waals surface area contributed by atoms with Gasteiger partial charge in [0.15, 0.2) is 6.29 Å². The summed E-state index contributed by atoms with van der Waals surface area (Å²) < 4.78 is 22.2. The summed E-state index contributed by atoms with van der Waals surface area (Å²) in [7, 11) is 0. The number of ether oxygens (including phenoxy) is 4. The summed E-state index contributed by atoms with van der Waals surface area (Å²) in [4.78, 5) is 11.6. The topological polar surface area (TPSA) is 66.0 Å². The first-order chi connectivity index (χ1) is 13.4. The highest BCUT2D eigenvalue weighted by atomic mass is 16.7. The number of aryl methyl sites for hydroxylation is 1. The average molecular weight is 394 g/mol. The quantitative estimate of drug-likeness (QED) is 0.595. The van der Waals surface area contributed by atoms with Crippen LogP contribution >= 0.6 is 0 Å². The van der Waals surface area contributed by atoms with Crippen molar-refractivity contribution in [3.8, 4) is 5.75 Å². The molecular weight excluding hydrogens is 358 g/mol. The van der Waals surface area contributed by atoms with Crippen LogP contribution in [0.25, 0.3) is 0 Å². The molecule has 0 bridgehead atoms. The highest BCUT2D eigenvalue weighted by Crippen LogP contribution is 2.16. The van der Waals surface area contributed by atoms with Crippen LogP contribution in [0.3, 0.4) is 0 Å². The van der Waals surface area contributed by atoms with E-state index in [0.29, 0.717) is 19.8 Å². The standard InChI is InChI=1S/C22H35NO5/c1-22(2,3)28-21(24)23-13-6-4-9-18-10-8-11-19(17-18)25-15-16-27-20-12-5-7-14-26-20/h8,10-11,17,20H,4-7,9,12-16H2,1-3H3,(H,23,24). The van der Waals surface area contributed by atoms with Crippen molar-refractivity contribution in [3.05, 3.63) is 29.8 Å². The average Bonchev–Trinajstić information content (AvgIpc) is 2.65. The van der Waals surface area contributed by atoms with Crippen molar-refractivity contribution in [1.82, 2.24) is 5.32 Å². The van der Waals surface area contributed by atoms with Crippen LogP contribution in [0, 0.1) is 0 Å². The second kappa shape index (κ2) is 11.9. The molecule has 1 N–H and O–H groups in total. The molecule has 0 aromatic heterocycles. The van der Waals surface area contributed by atoms with E-state index in [1.807, 2.05) is 32.9 Å². The van der Waals surface area contributed by atoms with Gasteiger partial charge in [-0.2, -0.15) is 0 Å². The highest BCUT2D eigenvalue weighted by molar-refractivity contribution is 5.67. The lowest BCUT2D eigenvalue weighted by atomic mass is 10.1. The molecule has 6 heteroatoms. The molecule has 1 unspecified atom stereocenters. The third-order valence-corrected chi connectivity index (χ3v) is 4.25. The summed E-state index contributed by atoms with van der Waals surface area (Å²) in [6, 6.07) is 8.14. The first-order valence-electron chi connectivity index (χ1n) is 10.3. The lowest BCUT2D eigenvalue weighted by Crippen LogP contribution is -2.33.